The number of rotatable bonds is 7. The molecule has 1 amide bonds. The second-order valence-corrected chi connectivity index (χ2v) is 7.63. The Morgan fingerprint density at radius 2 is 1.67 bits per heavy atom. The number of carbonyl (C=O) groups excluding carboxylic acids is 1. The molecule has 0 bridgehead atoms. The van der Waals surface area contributed by atoms with E-state index in [1.54, 1.807) is 24.8 Å². The maximum Gasteiger partial charge on any atom is 0.252 e. The summed E-state index contributed by atoms with van der Waals surface area (Å²) in [6.07, 6.45) is 7.15. The molecule has 0 saturated carbocycles. The number of carbonyl (C=O) groups is 1. The van der Waals surface area contributed by atoms with Crippen LogP contribution in [0.25, 0.3) is 22.8 Å². The summed E-state index contributed by atoms with van der Waals surface area (Å²) >= 11 is 0. The van der Waals surface area contributed by atoms with Crippen LogP contribution in [0.15, 0.2) is 108 Å². The van der Waals surface area contributed by atoms with Crippen LogP contribution in [0.1, 0.15) is 21.5 Å². The van der Waals surface area contributed by atoms with Gasteiger partial charge in [0.1, 0.15) is 0 Å². The number of aromatic nitrogens is 3. The van der Waals surface area contributed by atoms with Gasteiger partial charge in [-0.25, -0.2) is 9.97 Å². The van der Waals surface area contributed by atoms with Crippen molar-refractivity contribution in [2.75, 3.05) is 0 Å². The zero-order chi connectivity index (χ0) is 22.5. The maximum atomic E-state index is 13.1. The van der Waals surface area contributed by atoms with Gasteiger partial charge in [0.2, 0.25) is 5.89 Å². The third-order valence-electron chi connectivity index (χ3n) is 5.44. The van der Waals surface area contributed by atoms with Crippen LogP contribution < -0.4 is 5.32 Å². The quantitative estimate of drug-likeness (QED) is 0.383. The first kappa shape index (κ1) is 20.5. The van der Waals surface area contributed by atoms with E-state index in [4.69, 9.17) is 4.42 Å². The molecule has 6 heteroatoms. The number of nitrogens with zero attached hydrogens (tertiary/aromatic N) is 3. The topological polar surface area (TPSA) is 73.0 Å². The average molecular weight is 434 g/mol. The molecule has 0 spiro atoms. The lowest BCUT2D eigenvalue weighted by Crippen LogP contribution is -2.24. The molecule has 2 aromatic heterocycles. The van der Waals surface area contributed by atoms with Gasteiger partial charge in [-0.1, -0.05) is 66.7 Å². The van der Waals surface area contributed by atoms with Crippen LogP contribution >= 0.6 is 0 Å². The Labute approximate surface area is 191 Å². The monoisotopic (exact) mass is 434 g/mol. The number of hydrogen-bond donors (Lipinski definition) is 1. The second kappa shape index (κ2) is 9.36. The lowest BCUT2D eigenvalue weighted by atomic mass is 10.1. The molecule has 0 fully saturated rings. The molecule has 1 N–H and O–H groups in total. The first-order chi connectivity index (χ1) is 16.3. The van der Waals surface area contributed by atoms with E-state index in [2.05, 4.69) is 21.4 Å². The van der Waals surface area contributed by atoms with Crippen LogP contribution in [0, 0.1) is 0 Å². The van der Waals surface area contributed by atoms with Gasteiger partial charge in [0.05, 0.1) is 18.1 Å². The molecule has 6 nitrogen and oxygen atoms in total. The summed E-state index contributed by atoms with van der Waals surface area (Å²) in [7, 11) is 0. The number of hydrogen-bond acceptors (Lipinski definition) is 4. The molecule has 3 aromatic carbocycles. The SMILES string of the molecule is O=C(NCc1ccccc1Cn1ccnc1)c1ccccc1-c1ncc(-c2ccccc2)o1. The number of benzene rings is 3. The van der Waals surface area contributed by atoms with Crippen molar-refractivity contribution in [3.63, 3.8) is 0 Å². The number of amides is 1. The van der Waals surface area contributed by atoms with Crippen molar-refractivity contribution in [2.45, 2.75) is 13.1 Å². The Balaban J connectivity index is 1.35. The highest BCUT2D eigenvalue weighted by Crippen LogP contribution is 2.28. The summed E-state index contributed by atoms with van der Waals surface area (Å²) in [4.78, 5) is 21.6. The molecule has 0 aliphatic carbocycles. The zero-order valence-corrected chi connectivity index (χ0v) is 17.9. The Morgan fingerprint density at radius 3 is 2.48 bits per heavy atom. The summed E-state index contributed by atoms with van der Waals surface area (Å²) in [5, 5.41) is 3.05. The Kier molecular flexibility index (Phi) is 5.80. The average Bonchev–Trinajstić information content (AvgIpc) is 3.56. The number of imidazole rings is 1. The molecule has 0 radical (unpaired) electrons. The molecule has 0 aliphatic rings. The lowest BCUT2D eigenvalue weighted by Gasteiger charge is -2.12. The van der Waals surface area contributed by atoms with Gasteiger partial charge in [0.25, 0.3) is 5.91 Å². The summed E-state index contributed by atoms with van der Waals surface area (Å²) in [5.74, 6) is 0.900. The molecule has 33 heavy (non-hydrogen) atoms. The van der Waals surface area contributed by atoms with Crippen molar-refractivity contribution in [3.05, 3.63) is 120 Å². The highest BCUT2D eigenvalue weighted by atomic mass is 16.4. The van der Waals surface area contributed by atoms with Crippen LogP contribution in [0.2, 0.25) is 0 Å². The van der Waals surface area contributed by atoms with E-state index in [0.29, 0.717) is 35.9 Å². The third-order valence-corrected chi connectivity index (χ3v) is 5.44. The highest BCUT2D eigenvalue weighted by molar-refractivity contribution is 6.00. The lowest BCUT2D eigenvalue weighted by molar-refractivity contribution is 0.0951. The maximum absolute atomic E-state index is 13.1. The number of nitrogens with one attached hydrogen (secondary N) is 1. The van der Waals surface area contributed by atoms with Crippen molar-refractivity contribution >= 4 is 5.91 Å². The molecule has 5 rings (SSSR count). The predicted molar refractivity (Wildman–Crippen MR) is 126 cm³/mol. The first-order valence-electron chi connectivity index (χ1n) is 10.7. The van der Waals surface area contributed by atoms with E-state index in [1.807, 2.05) is 77.5 Å². The molecule has 0 atom stereocenters. The first-order valence-corrected chi connectivity index (χ1v) is 10.7. The van der Waals surface area contributed by atoms with Crippen LogP contribution in [-0.2, 0) is 13.1 Å². The number of oxazole rings is 1. The van der Waals surface area contributed by atoms with Gasteiger partial charge < -0.3 is 14.3 Å². The Hall–Kier alpha value is -4.45. The standard InChI is InChI=1S/C27H22N4O2/c32-26(29-16-21-10-4-5-11-22(21)18-31-15-14-28-19-31)23-12-6-7-13-24(23)27-30-17-25(33-27)20-8-2-1-3-9-20/h1-15,17,19H,16,18H2,(H,29,32). The molecular formula is C27H22N4O2. The Morgan fingerprint density at radius 1 is 0.909 bits per heavy atom. The van der Waals surface area contributed by atoms with Crippen molar-refractivity contribution < 1.29 is 9.21 Å². The van der Waals surface area contributed by atoms with Gasteiger partial charge in [-0.15, -0.1) is 0 Å². The predicted octanol–water partition coefficient (Wildman–Crippen LogP) is 5.18. The van der Waals surface area contributed by atoms with Crippen LogP contribution in [0.3, 0.4) is 0 Å². The molecule has 162 valence electrons. The third kappa shape index (κ3) is 4.60. The van der Waals surface area contributed by atoms with Crippen LogP contribution in [0.5, 0.6) is 0 Å². The van der Waals surface area contributed by atoms with E-state index in [0.717, 1.165) is 16.7 Å². The van der Waals surface area contributed by atoms with Crippen molar-refractivity contribution in [3.8, 4) is 22.8 Å². The fourth-order valence-electron chi connectivity index (χ4n) is 3.73. The molecule has 0 aliphatic heterocycles. The highest BCUT2D eigenvalue weighted by Gasteiger charge is 2.17. The van der Waals surface area contributed by atoms with Crippen molar-refractivity contribution in [1.82, 2.24) is 19.9 Å². The van der Waals surface area contributed by atoms with Gasteiger partial charge in [-0.3, -0.25) is 4.79 Å². The minimum Gasteiger partial charge on any atom is -0.436 e. The van der Waals surface area contributed by atoms with Gasteiger partial charge >= 0.3 is 0 Å². The molecule has 5 aromatic rings. The molecule has 2 heterocycles. The van der Waals surface area contributed by atoms with Crippen molar-refractivity contribution in [1.29, 1.82) is 0 Å². The molecular weight excluding hydrogens is 412 g/mol. The van der Waals surface area contributed by atoms with E-state index in [1.165, 1.54) is 0 Å². The van der Waals surface area contributed by atoms with Gasteiger partial charge in [0, 0.05) is 36.6 Å². The van der Waals surface area contributed by atoms with Crippen LogP contribution in [-0.4, -0.2) is 20.4 Å². The van der Waals surface area contributed by atoms with Gasteiger partial charge in [-0.2, -0.15) is 0 Å². The normalized spacial score (nSPS) is 10.8. The largest absolute Gasteiger partial charge is 0.436 e. The molecule has 0 unspecified atom stereocenters. The van der Waals surface area contributed by atoms with Crippen molar-refractivity contribution in [2.24, 2.45) is 0 Å². The van der Waals surface area contributed by atoms with E-state index < -0.39 is 0 Å². The fraction of sp³-hybridized carbons (Fsp3) is 0.0741. The Bertz CT molecular complexity index is 1360. The minimum atomic E-state index is -0.178. The van der Waals surface area contributed by atoms with E-state index in [9.17, 15) is 4.79 Å². The smallest absolute Gasteiger partial charge is 0.252 e. The van der Waals surface area contributed by atoms with Gasteiger partial charge in [0.15, 0.2) is 5.76 Å². The van der Waals surface area contributed by atoms with E-state index >= 15 is 0 Å². The zero-order valence-electron chi connectivity index (χ0n) is 17.9. The van der Waals surface area contributed by atoms with E-state index in [-0.39, 0.29) is 5.91 Å². The summed E-state index contributed by atoms with van der Waals surface area (Å²) in [5.41, 5.74) is 4.30. The minimum absolute atomic E-state index is 0.178. The summed E-state index contributed by atoms with van der Waals surface area (Å²) in [6, 6.07) is 25.2. The second-order valence-electron chi connectivity index (χ2n) is 7.63. The fourth-order valence-corrected chi connectivity index (χ4v) is 3.73. The molecule has 0 saturated heterocycles. The van der Waals surface area contributed by atoms with Crippen LogP contribution in [0.4, 0.5) is 0 Å². The summed E-state index contributed by atoms with van der Waals surface area (Å²) < 4.78 is 7.99. The van der Waals surface area contributed by atoms with Gasteiger partial charge in [-0.05, 0) is 23.3 Å². The summed E-state index contributed by atoms with van der Waals surface area (Å²) in [6.45, 7) is 1.11.